The van der Waals surface area contributed by atoms with E-state index in [2.05, 4.69) is 39.5 Å². The van der Waals surface area contributed by atoms with Crippen LogP contribution in [0, 0.1) is 5.92 Å². The van der Waals surface area contributed by atoms with Gasteiger partial charge in [0.15, 0.2) is 5.78 Å². The highest BCUT2D eigenvalue weighted by atomic mass is 16.1. The van der Waals surface area contributed by atoms with Crippen molar-refractivity contribution >= 4 is 5.78 Å². The molecule has 4 nitrogen and oxygen atoms in total. The number of pyridine rings is 1. The summed E-state index contributed by atoms with van der Waals surface area (Å²) in [5, 5.41) is 3.40. The fourth-order valence-electron chi connectivity index (χ4n) is 4.50. The van der Waals surface area contributed by atoms with Crippen molar-refractivity contribution in [2.45, 2.75) is 45.1 Å². The standard InChI is InChI=1S/C24H31N3O/c28-24(6-3-19-7-12-25-13-8-19)23-5-4-21-9-14-27(15-10-22(21)16-23)18-20-2-1-11-26-17-20/h1-2,4-5,11,16-17,19,25H,3,6-10,12-15,18H2. The second-order valence-corrected chi connectivity index (χ2v) is 8.28. The van der Waals surface area contributed by atoms with Crippen molar-refractivity contribution in [3.8, 4) is 0 Å². The SMILES string of the molecule is O=C(CCC1CCNCC1)c1ccc2c(c1)CCN(Cc1cccnc1)CC2. The average Bonchev–Trinajstić information content (AvgIpc) is 2.95. The molecule has 4 rings (SSSR count). The van der Waals surface area contributed by atoms with Crippen molar-refractivity contribution in [1.82, 2.24) is 15.2 Å². The number of hydrogen-bond acceptors (Lipinski definition) is 4. The molecule has 0 spiro atoms. The molecule has 0 unspecified atom stereocenters. The number of rotatable bonds is 6. The maximum absolute atomic E-state index is 12.7. The van der Waals surface area contributed by atoms with Crippen molar-refractivity contribution in [1.29, 1.82) is 0 Å². The molecule has 2 aliphatic rings. The lowest BCUT2D eigenvalue weighted by Crippen LogP contribution is -2.28. The predicted molar refractivity (Wildman–Crippen MR) is 113 cm³/mol. The van der Waals surface area contributed by atoms with Gasteiger partial charge in [-0.2, -0.15) is 0 Å². The monoisotopic (exact) mass is 377 g/mol. The molecule has 2 aliphatic heterocycles. The van der Waals surface area contributed by atoms with E-state index < -0.39 is 0 Å². The molecule has 0 bridgehead atoms. The molecule has 148 valence electrons. The van der Waals surface area contributed by atoms with Crippen LogP contribution in [-0.2, 0) is 19.4 Å². The largest absolute Gasteiger partial charge is 0.317 e. The van der Waals surface area contributed by atoms with Crippen LogP contribution < -0.4 is 5.32 Å². The molecule has 1 saturated heterocycles. The smallest absolute Gasteiger partial charge is 0.162 e. The minimum absolute atomic E-state index is 0.317. The second-order valence-electron chi connectivity index (χ2n) is 8.28. The summed E-state index contributed by atoms with van der Waals surface area (Å²) >= 11 is 0. The minimum atomic E-state index is 0.317. The third kappa shape index (κ3) is 5.06. The Hall–Kier alpha value is -2.04. The summed E-state index contributed by atoms with van der Waals surface area (Å²) in [5.41, 5.74) is 4.95. The molecule has 0 saturated carbocycles. The first-order valence-electron chi connectivity index (χ1n) is 10.7. The number of carbonyl (C=O) groups excluding carboxylic acids is 1. The van der Waals surface area contributed by atoms with Gasteiger partial charge >= 0.3 is 0 Å². The molecule has 0 aliphatic carbocycles. The maximum atomic E-state index is 12.7. The maximum Gasteiger partial charge on any atom is 0.162 e. The lowest BCUT2D eigenvalue weighted by molar-refractivity contribution is 0.0970. The van der Waals surface area contributed by atoms with Gasteiger partial charge in [-0.3, -0.25) is 14.7 Å². The van der Waals surface area contributed by atoms with Gasteiger partial charge < -0.3 is 5.32 Å². The third-order valence-corrected chi connectivity index (χ3v) is 6.29. The Balaban J connectivity index is 1.34. The summed E-state index contributed by atoms with van der Waals surface area (Å²) in [6.45, 7) is 5.25. The summed E-state index contributed by atoms with van der Waals surface area (Å²) in [4.78, 5) is 19.5. The zero-order chi connectivity index (χ0) is 19.2. The van der Waals surface area contributed by atoms with Gasteiger partial charge in [0, 0.05) is 44.0 Å². The molecule has 1 N–H and O–H groups in total. The zero-order valence-corrected chi connectivity index (χ0v) is 16.7. The van der Waals surface area contributed by atoms with Gasteiger partial charge in [-0.25, -0.2) is 0 Å². The highest BCUT2D eigenvalue weighted by Crippen LogP contribution is 2.22. The molecule has 0 atom stereocenters. The van der Waals surface area contributed by atoms with Crippen LogP contribution in [0.1, 0.15) is 52.7 Å². The molecule has 0 amide bonds. The molecule has 3 heterocycles. The second kappa shape index (κ2) is 9.44. The number of Topliss-reactive ketones (excluding diaryl/α,β-unsaturated/α-hetero) is 1. The van der Waals surface area contributed by atoms with Gasteiger partial charge in [0.1, 0.15) is 0 Å². The Morgan fingerprint density at radius 2 is 1.93 bits per heavy atom. The van der Waals surface area contributed by atoms with E-state index in [0.717, 1.165) is 57.5 Å². The Labute approximate surface area is 168 Å². The van der Waals surface area contributed by atoms with E-state index in [1.54, 1.807) is 0 Å². The van der Waals surface area contributed by atoms with E-state index >= 15 is 0 Å². The first-order valence-corrected chi connectivity index (χ1v) is 10.7. The predicted octanol–water partition coefficient (Wildman–Crippen LogP) is 3.64. The first kappa shape index (κ1) is 19.3. The van der Waals surface area contributed by atoms with E-state index in [4.69, 9.17) is 0 Å². The van der Waals surface area contributed by atoms with E-state index in [1.807, 2.05) is 18.5 Å². The number of fused-ring (bicyclic) bond motifs is 1. The summed E-state index contributed by atoms with van der Waals surface area (Å²) < 4.78 is 0. The van der Waals surface area contributed by atoms with Crippen LogP contribution in [-0.4, -0.2) is 41.8 Å². The van der Waals surface area contributed by atoms with Crippen LogP contribution in [0.5, 0.6) is 0 Å². The Morgan fingerprint density at radius 3 is 2.71 bits per heavy atom. The Kier molecular flexibility index (Phi) is 6.50. The van der Waals surface area contributed by atoms with Crippen LogP contribution in [0.3, 0.4) is 0 Å². The van der Waals surface area contributed by atoms with E-state index in [1.165, 1.54) is 29.5 Å². The van der Waals surface area contributed by atoms with Crippen LogP contribution in [0.4, 0.5) is 0 Å². The van der Waals surface area contributed by atoms with Crippen LogP contribution in [0.15, 0.2) is 42.7 Å². The average molecular weight is 378 g/mol. The van der Waals surface area contributed by atoms with Crippen molar-refractivity contribution < 1.29 is 4.79 Å². The van der Waals surface area contributed by atoms with Gasteiger partial charge in [0.05, 0.1) is 0 Å². The quantitative estimate of drug-likeness (QED) is 0.781. The lowest BCUT2D eigenvalue weighted by Gasteiger charge is -2.22. The van der Waals surface area contributed by atoms with Crippen LogP contribution >= 0.6 is 0 Å². The molecule has 1 fully saturated rings. The molecule has 28 heavy (non-hydrogen) atoms. The molecule has 4 heteroatoms. The topological polar surface area (TPSA) is 45.2 Å². The molecule has 2 aromatic rings. The highest BCUT2D eigenvalue weighted by molar-refractivity contribution is 5.96. The zero-order valence-electron chi connectivity index (χ0n) is 16.7. The number of aromatic nitrogens is 1. The van der Waals surface area contributed by atoms with Gasteiger partial charge in [-0.1, -0.05) is 18.2 Å². The highest BCUT2D eigenvalue weighted by Gasteiger charge is 2.18. The van der Waals surface area contributed by atoms with Crippen LogP contribution in [0.2, 0.25) is 0 Å². The van der Waals surface area contributed by atoms with E-state index in [9.17, 15) is 4.79 Å². The summed E-state index contributed by atoms with van der Waals surface area (Å²) in [6, 6.07) is 10.6. The van der Waals surface area contributed by atoms with Gasteiger partial charge in [-0.05, 0) is 79.9 Å². The summed E-state index contributed by atoms with van der Waals surface area (Å²) in [5.74, 6) is 1.03. The van der Waals surface area contributed by atoms with Crippen molar-refractivity contribution in [2.24, 2.45) is 5.92 Å². The summed E-state index contributed by atoms with van der Waals surface area (Å²) in [7, 11) is 0. The number of nitrogens with zero attached hydrogens (tertiary/aromatic N) is 2. The number of nitrogens with one attached hydrogen (secondary N) is 1. The molecule has 0 radical (unpaired) electrons. The third-order valence-electron chi connectivity index (χ3n) is 6.29. The minimum Gasteiger partial charge on any atom is -0.317 e. The Morgan fingerprint density at radius 1 is 1.11 bits per heavy atom. The van der Waals surface area contributed by atoms with Gasteiger partial charge in [-0.15, -0.1) is 0 Å². The fraction of sp³-hybridized carbons (Fsp3) is 0.500. The fourth-order valence-corrected chi connectivity index (χ4v) is 4.50. The normalized spacial score (nSPS) is 18.4. The van der Waals surface area contributed by atoms with Gasteiger partial charge in [0.2, 0.25) is 0 Å². The van der Waals surface area contributed by atoms with Crippen LogP contribution in [0.25, 0.3) is 0 Å². The number of piperidine rings is 1. The number of hydrogen-bond donors (Lipinski definition) is 1. The van der Waals surface area contributed by atoms with E-state index in [0.29, 0.717) is 18.1 Å². The van der Waals surface area contributed by atoms with Crippen molar-refractivity contribution in [3.05, 3.63) is 65.0 Å². The molecular weight excluding hydrogens is 346 g/mol. The van der Waals surface area contributed by atoms with Gasteiger partial charge in [0.25, 0.3) is 0 Å². The first-order chi connectivity index (χ1) is 13.8. The number of benzene rings is 1. The number of ketones is 1. The van der Waals surface area contributed by atoms with Crippen molar-refractivity contribution in [2.75, 3.05) is 26.2 Å². The Bertz CT molecular complexity index is 784. The van der Waals surface area contributed by atoms with Crippen molar-refractivity contribution in [3.63, 3.8) is 0 Å². The molecule has 1 aromatic heterocycles. The molecular formula is C24H31N3O. The lowest BCUT2D eigenvalue weighted by atomic mass is 9.90. The van der Waals surface area contributed by atoms with E-state index in [-0.39, 0.29) is 0 Å². The number of carbonyl (C=O) groups is 1. The molecule has 1 aromatic carbocycles. The summed E-state index contributed by atoms with van der Waals surface area (Å²) in [6.07, 6.45) is 10.0.